The molecule has 5 N–H and O–H groups in total. The van der Waals surface area contributed by atoms with E-state index in [-0.39, 0.29) is 12.7 Å². The third-order valence-electron chi connectivity index (χ3n) is 1.39. The van der Waals surface area contributed by atoms with Crippen LogP contribution in [0, 0.1) is 0 Å². The van der Waals surface area contributed by atoms with Gasteiger partial charge in [-0.05, 0) is 6.42 Å². The summed E-state index contributed by atoms with van der Waals surface area (Å²) in [5.41, 5.74) is 0. The van der Waals surface area contributed by atoms with E-state index in [1.165, 1.54) is 0 Å². The Balaban J connectivity index is 0. The predicted molar refractivity (Wildman–Crippen MR) is 59.3 cm³/mol. The first-order chi connectivity index (χ1) is 7.81. The summed E-state index contributed by atoms with van der Waals surface area (Å²) in [6.45, 7) is 3.58. The molecule has 106 valence electrons. The summed E-state index contributed by atoms with van der Waals surface area (Å²) < 4.78 is 18.9. The summed E-state index contributed by atoms with van der Waals surface area (Å²) in [6, 6.07) is 0. The smallest absolute Gasteiger partial charge is 0.394 e. The summed E-state index contributed by atoms with van der Waals surface area (Å²) in [5, 5.41) is 17.4. The van der Waals surface area contributed by atoms with E-state index in [2.05, 4.69) is 0 Å². The van der Waals surface area contributed by atoms with Crippen molar-refractivity contribution < 1.29 is 38.9 Å². The highest BCUT2D eigenvalue weighted by atomic mass is 31.2. The molecule has 0 aromatic rings. The molecular formula is C8H21O8P. The molecular weight excluding hydrogens is 255 g/mol. The number of aliphatic hydroxyl groups excluding tert-OH is 2. The van der Waals surface area contributed by atoms with Crippen molar-refractivity contribution in [2.45, 2.75) is 19.4 Å². The lowest BCUT2D eigenvalue weighted by atomic mass is 10.3. The van der Waals surface area contributed by atoms with Crippen LogP contribution in [0.2, 0.25) is 0 Å². The molecule has 0 radical (unpaired) electrons. The van der Waals surface area contributed by atoms with Crippen LogP contribution in [0.3, 0.4) is 0 Å². The Hall–Kier alpha value is -0.0500. The highest BCUT2D eigenvalue weighted by molar-refractivity contribution is 7.45. The second-order valence-corrected chi connectivity index (χ2v) is 4.01. The van der Waals surface area contributed by atoms with E-state index in [0.29, 0.717) is 32.8 Å². The second kappa shape index (κ2) is 12.4. The SMILES string of the molecule is CCC(O)COCCOCCO.O=P(O)(O)O. The van der Waals surface area contributed by atoms with Crippen molar-refractivity contribution in [3.8, 4) is 0 Å². The first kappa shape index (κ1) is 19.3. The minimum atomic E-state index is -4.64. The second-order valence-electron chi connectivity index (χ2n) is 2.99. The maximum atomic E-state index is 9.05. The number of ether oxygens (including phenoxy) is 2. The van der Waals surface area contributed by atoms with E-state index in [4.69, 9.17) is 38.9 Å². The van der Waals surface area contributed by atoms with Crippen LogP contribution in [0.5, 0.6) is 0 Å². The minimum Gasteiger partial charge on any atom is -0.394 e. The summed E-state index contributed by atoms with van der Waals surface area (Å²) in [6.07, 6.45) is 0.333. The molecule has 1 unspecified atom stereocenters. The standard InChI is InChI=1S/C8H18O4.H3O4P/c1-2-8(10)7-12-6-5-11-4-3-9;1-5(2,3)4/h8-10H,2-7H2,1H3;(H3,1,2,3,4). The lowest BCUT2D eigenvalue weighted by Gasteiger charge is -2.08. The van der Waals surface area contributed by atoms with Gasteiger partial charge < -0.3 is 34.4 Å². The lowest BCUT2D eigenvalue weighted by molar-refractivity contribution is -0.00274. The predicted octanol–water partition coefficient (Wildman–Crippen LogP) is -1.15. The normalized spacial score (nSPS) is 12.8. The first-order valence-corrected chi connectivity index (χ1v) is 6.60. The van der Waals surface area contributed by atoms with Gasteiger partial charge in [0.25, 0.3) is 0 Å². The van der Waals surface area contributed by atoms with Crippen LogP contribution in [0.25, 0.3) is 0 Å². The lowest BCUT2D eigenvalue weighted by Crippen LogP contribution is -2.16. The van der Waals surface area contributed by atoms with Gasteiger partial charge in [-0.3, -0.25) is 0 Å². The van der Waals surface area contributed by atoms with Crippen molar-refractivity contribution in [3.63, 3.8) is 0 Å². The van der Waals surface area contributed by atoms with Gasteiger partial charge in [-0.15, -0.1) is 0 Å². The fourth-order valence-corrected chi connectivity index (χ4v) is 0.622. The topological polar surface area (TPSA) is 137 Å². The largest absolute Gasteiger partial charge is 0.466 e. The van der Waals surface area contributed by atoms with Crippen LogP contribution in [0.1, 0.15) is 13.3 Å². The minimum absolute atomic E-state index is 0.0393. The Morgan fingerprint density at radius 3 is 2.00 bits per heavy atom. The average Bonchev–Trinajstić information content (AvgIpc) is 2.20. The van der Waals surface area contributed by atoms with Gasteiger partial charge in [-0.25, -0.2) is 4.57 Å². The van der Waals surface area contributed by atoms with E-state index in [1.54, 1.807) is 0 Å². The van der Waals surface area contributed by atoms with Crippen LogP contribution in [0.4, 0.5) is 0 Å². The van der Waals surface area contributed by atoms with Crippen LogP contribution in [-0.2, 0) is 14.0 Å². The van der Waals surface area contributed by atoms with E-state index >= 15 is 0 Å². The molecule has 0 rings (SSSR count). The Morgan fingerprint density at radius 2 is 1.59 bits per heavy atom. The number of aliphatic hydroxyl groups is 2. The zero-order valence-corrected chi connectivity index (χ0v) is 10.6. The zero-order valence-electron chi connectivity index (χ0n) is 9.73. The molecule has 0 spiro atoms. The molecule has 8 nitrogen and oxygen atoms in total. The Morgan fingerprint density at radius 1 is 1.12 bits per heavy atom. The third kappa shape index (κ3) is 31.4. The van der Waals surface area contributed by atoms with Gasteiger partial charge in [0.15, 0.2) is 0 Å². The fourth-order valence-electron chi connectivity index (χ4n) is 0.622. The van der Waals surface area contributed by atoms with Crippen molar-refractivity contribution in [2.75, 3.05) is 33.0 Å². The number of hydrogen-bond donors (Lipinski definition) is 5. The molecule has 0 aliphatic rings. The quantitative estimate of drug-likeness (QED) is 0.277. The molecule has 0 amide bonds. The van der Waals surface area contributed by atoms with Gasteiger partial charge in [0.1, 0.15) is 0 Å². The van der Waals surface area contributed by atoms with Gasteiger partial charge in [-0.2, -0.15) is 0 Å². The number of hydrogen-bond acceptors (Lipinski definition) is 5. The van der Waals surface area contributed by atoms with Gasteiger partial charge in [-0.1, -0.05) is 6.92 Å². The summed E-state index contributed by atoms with van der Waals surface area (Å²) in [5.74, 6) is 0. The van der Waals surface area contributed by atoms with Crippen molar-refractivity contribution in [1.82, 2.24) is 0 Å². The Kier molecular flexibility index (Phi) is 14.1. The first-order valence-electron chi connectivity index (χ1n) is 5.04. The molecule has 0 aromatic heterocycles. The molecule has 0 saturated heterocycles. The van der Waals surface area contributed by atoms with Gasteiger partial charge in [0.05, 0.1) is 39.1 Å². The van der Waals surface area contributed by atoms with Crippen molar-refractivity contribution in [2.24, 2.45) is 0 Å². The maximum absolute atomic E-state index is 9.05. The fraction of sp³-hybridized carbons (Fsp3) is 1.00. The molecule has 0 saturated carbocycles. The van der Waals surface area contributed by atoms with Crippen LogP contribution in [-0.4, -0.2) is 64.0 Å². The molecule has 0 heterocycles. The van der Waals surface area contributed by atoms with E-state index < -0.39 is 7.82 Å². The molecule has 0 fully saturated rings. The summed E-state index contributed by atoms with van der Waals surface area (Å²) in [7, 11) is -4.64. The van der Waals surface area contributed by atoms with Crippen LogP contribution < -0.4 is 0 Å². The number of phosphoric acid groups is 1. The van der Waals surface area contributed by atoms with Gasteiger partial charge in [0, 0.05) is 0 Å². The monoisotopic (exact) mass is 276 g/mol. The molecule has 0 aliphatic carbocycles. The van der Waals surface area contributed by atoms with E-state index in [0.717, 1.165) is 0 Å². The van der Waals surface area contributed by atoms with Crippen molar-refractivity contribution in [3.05, 3.63) is 0 Å². The molecule has 0 aromatic carbocycles. The van der Waals surface area contributed by atoms with Crippen LogP contribution >= 0.6 is 7.82 Å². The molecule has 1 atom stereocenters. The van der Waals surface area contributed by atoms with Gasteiger partial charge in [0.2, 0.25) is 0 Å². The molecule has 0 aliphatic heterocycles. The molecule has 0 bridgehead atoms. The average molecular weight is 276 g/mol. The zero-order chi connectivity index (χ0) is 13.7. The summed E-state index contributed by atoms with van der Waals surface area (Å²) >= 11 is 0. The Labute approximate surface area is 100 Å². The Bertz CT molecular complexity index is 186. The number of rotatable bonds is 8. The van der Waals surface area contributed by atoms with E-state index in [1.807, 2.05) is 6.92 Å². The third-order valence-corrected chi connectivity index (χ3v) is 1.39. The highest BCUT2D eigenvalue weighted by Gasteiger charge is 2.00. The van der Waals surface area contributed by atoms with Crippen molar-refractivity contribution >= 4 is 7.82 Å². The highest BCUT2D eigenvalue weighted by Crippen LogP contribution is 2.25. The van der Waals surface area contributed by atoms with Gasteiger partial charge >= 0.3 is 7.82 Å². The van der Waals surface area contributed by atoms with E-state index in [9.17, 15) is 0 Å². The molecule has 17 heavy (non-hydrogen) atoms. The maximum Gasteiger partial charge on any atom is 0.466 e. The summed E-state index contributed by atoms with van der Waals surface area (Å²) in [4.78, 5) is 21.6. The molecule has 9 heteroatoms. The van der Waals surface area contributed by atoms with Crippen molar-refractivity contribution in [1.29, 1.82) is 0 Å². The van der Waals surface area contributed by atoms with Crippen LogP contribution in [0.15, 0.2) is 0 Å².